The topological polar surface area (TPSA) is 40.9 Å². The molecule has 2 nitrogen and oxygen atoms in total. The van der Waals surface area contributed by atoms with Gasteiger partial charge in [-0.25, -0.2) is 0 Å². The summed E-state index contributed by atoms with van der Waals surface area (Å²) in [5, 5.41) is 9.89. The summed E-state index contributed by atoms with van der Waals surface area (Å²) in [4.78, 5) is 12.8. The van der Waals surface area contributed by atoms with Gasteiger partial charge >= 0.3 is 0 Å². The van der Waals surface area contributed by atoms with E-state index in [0.717, 1.165) is 15.6 Å². The van der Waals surface area contributed by atoms with Crippen molar-refractivity contribution in [3.05, 3.63) is 106 Å². The van der Waals surface area contributed by atoms with E-state index in [0.29, 0.717) is 12.0 Å². The molecule has 3 aromatic carbocycles. The molecule has 0 N–H and O–H groups in total. The first kappa shape index (κ1) is 18.1. The molecule has 2 unspecified atom stereocenters. The van der Waals surface area contributed by atoms with Gasteiger partial charge in [-0.2, -0.15) is 5.26 Å². The molecule has 3 rings (SSSR count). The Morgan fingerprint density at radius 2 is 1.42 bits per heavy atom. The van der Waals surface area contributed by atoms with E-state index in [1.165, 1.54) is 0 Å². The van der Waals surface area contributed by atoms with Crippen LogP contribution in [0.3, 0.4) is 0 Å². The van der Waals surface area contributed by atoms with Gasteiger partial charge in [0.05, 0.1) is 12.0 Å². The van der Waals surface area contributed by atoms with E-state index >= 15 is 0 Å². The first-order valence-corrected chi connectivity index (χ1v) is 9.26. The summed E-state index contributed by atoms with van der Waals surface area (Å²) in [5.74, 6) is -0.537. The van der Waals surface area contributed by atoms with Crippen molar-refractivity contribution in [3.8, 4) is 6.07 Å². The Hall–Kier alpha value is -2.70. The van der Waals surface area contributed by atoms with Crippen LogP contribution in [0.4, 0.5) is 0 Å². The van der Waals surface area contributed by atoms with E-state index in [1.807, 2.05) is 84.9 Å². The molecule has 2 atom stereocenters. The number of carbonyl (C=O) groups is 1. The predicted molar refractivity (Wildman–Crippen MR) is 107 cm³/mol. The van der Waals surface area contributed by atoms with Gasteiger partial charge in [-0.1, -0.05) is 88.7 Å². The summed E-state index contributed by atoms with van der Waals surface area (Å²) >= 11 is 3.43. The first-order chi connectivity index (χ1) is 12.7. The molecule has 0 aromatic heterocycles. The van der Waals surface area contributed by atoms with Crippen molar-refractivity contribution >= 4 is 21.7 Å². The molecule has 3 aromatic rings. The molecule has 26 heavy (non-hydrogen) atoms. The lowest BCUT2D eigenvalue weighted by molar-refractivity contribution is 0.0972. The van der Waals surface area contributed by atoms with Gasteiger partial charge < -0.3 is 0 Å². The number of carbonyl (C=O) groups excluding carboxylic acids is 1. The largest absolute Gasteiger partial charge is 0.294 e. The molecule has 128 valence electrons. The molecule has 0 fully saturated rings. The zero-order chi connectivity index (χ0) is 18.4. The molecular formula is C23H18BrNO. The van der Waals surface area contributed by atoms with Crippen molar-refractivity contribution < 1.29 is 4.79 Å². The maximum absolute atomic E-state index is 12.8. The molecule has 0 radical (unpaired) electrons. The van der Waals surface area contributed by atoms with Gasteiger partial charge in [0.1, 0.15) is 0 Å². The number of hydrogen-bond acceptors (Lipinski definition) is 2. The number of nitriles is 1. The van der Waals surface area contributed by atoms with Gasteiger partial charge in [0.2, 0.25) is 0 Å². The number of hydrogen-bond donors (Lipinski definition) is 0. The fourth-order valence-corrected chi connectivity index (χ4v) is 3.40. The first-order valence-electron chi connectivity index (χ1n) is 8.47. The maximum Gasteiger partial charge on any atom is 0.163 e. The quantitative estimate of drug-likeness (QED) is 0.465. The highest BCUT2D eigenvalue weighted by Gasteiger charge is 2.27. The molecule has 0 amide bonds. The second kappa shape index (κ2) is 8.60. The fourth-order valence-electron chi connectivity index (χ4n) is 3.14. The molecule has 0 saturated carbocycles. The van der Waals surface area contributed by atoms with E-state index in [2.05, 4.69) is 22.0 Å². The van der Waals surface area contributed by atoms with Crippen LogP contribution >= 0.6 is 15.9 Å². The van der Waals surface area contributed by atoms with Crippen LogP contribution in [0.2, 0.25) is 0 Å². The van der Waals surface area contributed by atoms with Crippen LogP contribution < -0.4 is 0 Å². The molecule has 0 spiro atoms. The van der Waals surface area contributed by atoms with Gasteiger partial charge in [0.15, 0.2) is 5.78 Å². The van der Waals surface area contributed by atoms with Crippen LogP contribution in [0.1, 0.15) is 39.7 Å². The van der Waals surface area contributed by atoms with Crippen molar-refractivity contribution in [2.24, 2.45) is 0 Å². The number of halogens is 1. The Morgan fingerprint density at radius 3 is 2.00 bits per heavy atom. The molecule has 3 heteroatoms. The molecule has 0 aliphatic carbocycles. The van der Waals surface area contributed by atoms with Gasteiger partial charge in [-0.15, -0.1) is 0 Å². The lowest BCUT2D eigenvalue weighted by Gasteiger charge is -2.22. The minimum atomic E-state index is -0.391. The average Bonchev–Trinajstić information content (AvgIpc) is 2.70. The van der Waals surface area contributed by atoms with E-state index < -0.39 is 5.92 Å². The standard InChI is InChI=1S/C23H18BrNO/c24-20-13-11-18(12-14-20)22(16-25)21(17-7-3-1-4-8-17)15-23(26)19-9-5-2-6-10-19/h1-14,21-22H,15H2. The van der Waals surface area contributed by atoms with Gasteiger partial charge in [0.25, 0.3) is 0 Å². The summed E-state index contributed by atoms with van der Waals surface area (Å²) in [6.45, 7) is 0. The van der Waals surface area contributed by atoms with Crippen molar-refractivity contribution in [1.29, 1.82) is 5.26 Å². The Bertz CT molecular complexity index is 898. The van der Waals surface area contributed by atoms with E-state index in [1.54, 1.807) is 0 Å². The highest BCUT2D eigenvalue weighted by atomic mass is 79.9. The Morgan fingerprint density at radius 1 is 0.846 bits per heavy atom. The molecule has 0 saturated heterocycles. The van der Waals surface area contributed by atoms with Crippen LogP contribution in [0.25, 0.3) is 0 Å². The summed E-state index contributed by atoms with van der Waals surface area (Å²) in [6.07, 6.45) is 0.294. The molecular weight excluding hydrogens is 386 g/mol. The summed E-state index contributed by atoms with van der Waals surface area (Å²) < 4.78 is 0.967. The predicted octanol–water partition coefficient (Wildman–Crippen LogP) is 6.11. The van der Waals surface area contributed by atoms with Crippen molar-refractivity contribution in [2.75, 3.05) is 0 Å². The SMILES string of the molecule is N#CC(c1ccc(Br)cc1)C(CC(=O)c1ccccc1)c1ccccc1. The summed E-state index contributed by atoms with van der Waals surface area (Å²) in [7, 11) is 0. The zero-order valence-corrected chi connectivity index (χ0v) is 15.8. The highest BCUT2D eigenvalue weighted by molar-refractivity contribution is 9.10. The normalized spacial score (nSPS) is 12.8. The Labute approximate surface area is 162 Å². The van der Waals surface area contributed by atoms with Crippen molar-refractivity contribution in [3.63, 3.8) is 0 Å². The lowest BCUT2D eigenvalue weighted by atomic mass is 9.78. The molecule has 0 aliphatic heterocycles. The van der Waals surface area contributed by atoms with E-state index in [-0.39, 0.29) is 11.7 Å². The lowest BCUT2D eigenvalue weighted by Crippen LogP contribution is -2.15. The number of nitrogens with zero attached hydrogens (tertiary/aromatic N) is 1. The van der Waals surface area contributed by atoms with Crippen LogP contribution in [-0.4, -0.2) is 5.78 Å². The summed E-state index contributed by atoms with van der Waals surface area (Å²) in [5.41, 5.74) is 2.61. The third-order valence-electron chi connectivity index (χ3n) is 4.50. The van der Waals surface area contributed by atoms with Crippen molar-refractivity contribution in [2.45, 2.75) is 18.3 Å². The number of benzene rings is 3. The minimum Gasteiger partial charge on any atom is -0.294 e. The van der Waals surface area contributed by atoms with Crippen LogP contribution in [0.15, 0.2) is 89.4 Å². The monoisotopic (exact) mass is 403 g/mol. The molecule has 0 heterocycles. The Balaban J connectivity index is 1.96. The number of ketones is 1. The highest BCUT2D eigenvalue weighted by Crippen LogP contribution is 2.36. The van der Waals surface area contributed by atoms with Crippen LogP contribution in [-0.2, 0) is 0 Å². The van der Waals surface area contributed by atoms with E-state index in [9.17, 15) is 10.1 Å². The minimum absolute atomic E-state index is 0.0526. The van der Waals surface area contributed by atoms with Crippen LogP contribution in [0, 0.1) is 11.3 Å². The number of Topliss-reactive ketones (excluding diaryl/α,β-unsaturated/α-hetero) is 1. The smallest absolute Gasteiger partial charge is 0.163 e. The van der Waals surface area contributed by atoms with Crippen molar-refractivity contribution in [1.82, 2.24) is 0 Å². The molecule has 0 bridgehead atoms. The second-order valence-corrected chi connectivity index (χ2v) is 7.08. The molecule has 0 aliphatic rings. The van der Waals surface area contributed by atoms with E-state index in [4.69, 9.17) is 0 Å². The van der Waals surface area contributed by atoms with Gasteiger partial charge in [0, 0.05) is 22.4 Å². The van der Waals surface area contributed by atoms with Gasteiger partial charge in [-0.05, 0) is 23.3 Å². The number of rotatable bonds is 6. The third kappa shape index (κ3) is 4.28. The Kier molecular flexibility index (Phi) is 5.99. The third-order valence-corrected chi connectivity index (χ3v) is 5.03. The second-order valence-electron chi connectivity index (χ2n) is 6.17. The van der Waals surface area contributed by atoms with Gasteiger partial charge in [-0.3, -0.25) is 4.79 Å². The van der Waals surface area contributed by atoms with Crippen LogP contribution in [0.5, 0.6) is 0 Å². The average molecular weight is 404 g/mol. The maximum atomic E-state index is 12.8. The summed E-state index contributed by atoms with van der Waals surface area (Å²) in [6, 6.07) is 29.3. The zero-order valence-electron chi connectivity index (χ0n) is 14.2. The fraction of sp³-hybridized carbons (Fsp3) is 0.130.